The number of aliphatic hydroxyl groups excluding tert-OH is 1. The molecule has 1 unspecified atom stereocenters. The van der Waals surface area contributed by atoms with Crippen molar-refractivity contribution in [3.8, 4) is 22.9 Å². The molecule has 2 fully saturated rings. The fraction of sp³-hybridized carbons (Fsp3) is 0.483. The fourth-order valence-corrected chi connectivity index (χ4v) is 5.85. The number of aliphatic hydroxyl groups is 1. The van der Waals surface area contributed by atoms with Crippen LogP contribution in [0.3, 0.4) is 0 Å². The van der Waals surface area contributed by atoms with Crippen LogP contribution in [0.4, 0.5) is 5.95 Å². The van der Waals surface area contributed by atoms with E-state index in [2.05, 4.69) is 37.8 Å². The third-order valence-corrected chi connectivity index (χ3v) is 7.87. The molecule has 10 heteroatoms. The van der Waals surface area contributed by atoms with Gasteiger partial charge in [-0.2, -0.15) is 0 Å². The molecule has 2 aromatic heterocycles. The van der Waals surface area contributed by atoms with Crippen molar-refractivity contribution in [2.75, 3.05) is 51.2 Å². The Morgan fingerprint density at radius 3 is 2.26 bits per heavy atom. The highest BCUT2D eigenvalue weighted by Crippen LogP contribution is 2.31. The van der Waals surface area contributed by atoms with Crippen LogP contribution in [0.5, 0.6) is 11.6 Å². The number of hydrogen-bond donors (Lipinski definition) is 1. The summed E-state index contributed by atoms with van der Waals surface area (Å²) >= 11 is 12.6. The number of piperazine rings is 1. The van der Waals surface area contributed by atoms with Crippen molar-refractivity contribution in [2.45, 2.75) is 38.8 Å². The van der Waals surface area contributed by atoms with Crippen molar-refractivity contribution in [1.29, 1.82) is 0 Å². The Balaban J connectivity index is 1.34. The van der Waals surface area contributed by atoms with Crippen molar-refractivity contribution in [1.82, 2.24) is 24.8 Å². The Morgan fingerprint density at radius 1 is 0.949 bits per heavy atom. The zero-order valence-corrected chi connectivity index (χ0v) is 24.1. The third-order valence-electron chi connectivity index (χ3n) is 7.43. The van der Waals surface area contributed by atoms with Crippen molar-refractivity contribution in [2.24, 2.45) is 5.92 Å². The van der Waals surface area contributed by atoms with Gasteiger partial charge < -0.3 is 19.6 Å². The Bertz CT molecular complexity index is 1220. The van der Waals surface area contributed by atoms with Crippen LogP contribution in [-0.2, 0) is 6.54 Å². The van der Waals surface area contributed by atoms with E-state index >= 15 is 0 Å². The molecule has 8 nitrogen and oxygen atoms in total. The van der Waals surface area contributed by atoms with Gasteiger partial charge >= 0.3 is 0 Å². The zero-order valence-electron chi connectivity index (χ0n) is 22.6. The van der Waals surface area contributed by atoms with Crippen LogP contribution in [0.2, 0.25) is 10.0 Å². The van der Waals surface area contributed by atoms with Gasteiger partial charge in [-0.15, -0.1) is 0 Å². The summed E-state index contributed by atoms with van der Waals surface area (Å²) in [5.74, 6) is 2.30. The summed E-state index contributed by atoms with van der Waals surface area (Å²) in [5, 5.41) is 10.9. The predicted molar refractivity (Wildman–Crippen MR) is 156 cm³/mol. The summed E-state index contributed by atoms with van der Waals surface area (Å²) in [7, 11) is 2.13. The number of nitrogens with zero attached hydrogens (tertiary/aromatic N) is 6. The number of aromatic nitrogens is 3. The van der Waals surface area contributed by atoms with Crippen LogP contribution in [-0.4, -0.2) is 82.3 Å². The normalized spacial score (nSPS) is 18.3. The molecule has 0 bridgehead atoms. The number of halogens is 2. The first-order valence-electron chi connectivity index (χ1n) is 13.6. The SMILES string of the molecule is CC(O)CC1CCN(Cc2cc(Oc3cnc(N4CCN(C)CC4)nc3)nc(-c3cc(Cl)cc(Cl)c3)c2)CC1. The van der Waals surface area contributed by atoms with Crippen molar-refractivity contribution in [3.05, 3.63) is 58.3 Å². The van der Waals surface area contributed by atoms with Gasteiger partial charge in [-0.1, -0.05) is 23.2 Å². The average Bonchev–Trinajstić information content (AvgIpc) is 2.90. The van der Waals surface area contributed by atoms with Crippen LogP contribution >= 0.6 is 23.2 Å². The van der Waals surface area contributed by atoms with E-state index in [-0.39, 0.29) is 6.10 Å². The molecule has 0 amide bonds. The number of likely N-dealkylation sites (tertiary alicyclic amines) is 1. The Hall–Kier alpha value is -2.49. The predicted octanol–water partition coefficient (Wildman–Crippen LogP) is 5.37. The minimum absolute atomic E-state index is 0.242. The summed E-state index contributed by atoms with van der Waals surface area (Å²) in [6, 6.07) is 9.48. The molecule has 0 aliphatic carbocycles. The van der Waals surface area contributed by atoms with Gasteiger partial charge in [-0.3, -0.25) is 4.90 Å². The van der Waals surface area contributed by atoms with E-state index in [1.54, 1.807) is 18.5 Å². The maximum Gasteiger partial charge on any atom is 0.225 e. The minimum Gasteiger partial charge on any atom is -0.436 e. The highest BCUT2D eigenvalue weighted by molar-refractivity contribution is 6.35. The number of piperidine rings is 1. The molecule has 1 aromatic carbocycles. The summed E-state index contributed by atoms with van der Waals surface area (Å²) in [5.41, 5.74) is 2.66. The fourth-order valence-electron chi connectivity index (χ4n) is 5.33. The van der Waals surface area contributed by atoms with Gasteiger partial charge in [0.25, 0.3) is 0 Å². The molecule has 1 N–H and O–H groups in total. The van der Waals surface area contributed by atoms with Gasteiger partial charge in [0, 0.05) is 54.4 Å². The van der Waals surface area contributed by atoms with E-state index in [0.717, 1.165) is 81.9 Å². The summed E-state index contributed by atoms with van der Waals surface area (Å²) in [6.45, 7) is 8.44. The molecular formula is C29H36Cl2N6O2. The smallest absolute Gasteiger partial charge is 0.225 e. The standard InChI is InChI=1S/C29H36Cl2N6O2/c1-20(38)11-21-3-5-36(6-4-21)19-22-12-27(23-14-24(30)16-25(31)15-23)34-28(13-22)39-26-17-32-29(33-18-26)37-9-7-35(2)8-10-37/h12-18,20-21,38H,3-11,19H2,1-2H3. The molecule has 2 aliphatic heterocycles. The van der Waals surface area contributed by atoms with Gasteiger partial charge in [0.05, 0.1) is 24.2 Å². The molecule has 5 rings (SSSR count). The summed E-state index contributed by atoms with van der Waals surface area (Å²) in [4.78, 5) is 20.8. The van der Waals surface area contributed by atoms with E-state index in [0.29, 0.717) is 33.5 Å². The van der Waals surface area contributed by atoms with E-state index in [9.17, 15) is 5.11 Å². The molecule has 2 saturated heterocycles. The topological polar surface area (TPSA) is 77.9 Å². The Labute approximate surface area is 240 Å². The maximum atomic E-state index is 9.76. The van der Waals surface area contributed by atoms with Gasteiger partial charge in [0.2, 0.25) is 11.8 Å². The van der Waals surface area contributed by atoms with E-state index in [1.807, 2.05) is 25.1 Å². The lowest BCUT2D eigenvalue weighted by atomic mass is 9.91. The highest BCUT2D eigenvalue weighted by Gasteiger charge is 2.21. The molecule has 208 valence electrons. The van der Waals surface area contributed by atoms with Gasteiger partial charge in [-0.25, -0.2) is 15.0 Å². The number of anilines is 1. The lowest BCUT2D eigenvalue weighted by Crippen LogP contribution is -2.45. The molecule has 1 atom stereocenters. The number of rotatable bonds is 8. The third kappa shape index (κ3) is 7.80. The van der Waals surface area contributed by atoms with E-state index < -0.39 is 0 Å². The molecule has 0 spiro atoms. The molecule has 0 radical (unpaired) electrons. The van der Waals surface area contributed by atoms with Crippen LogP contribution in [0, 0.1) is 5.92 Å². The van der Waals surface area contributed by atoms with Crippen LogP contribution in [0.15, 0.2) is 42.7 Å². The number of hydrogen-bond acceptors (Lipinski definition) is 8. The lowest BCUT2D eigenvalue weighted by Gasteiger charge is -2.32. The summed E-state index contributed by atoms with van der Waals surface area (Å²) < 4.78 is 6.18. The van der Waals surface area contributed by atoms with Crippen molar-refractivity contribution in [3.63, 3.8) is 0 Å². The average molecular weight is 572 g/mol. The first-order valence-corrected chi connectivity index (χ1v) is 14.4. The number of ether oxygens (including phenoxy) is 1. The molecule has 4 heterocycles. The van der Waals surface area contributed by atoms with Gasteiger partial charge in [0.15, 0.2) is 5.75 Å². The van der Waals surface area contributed by atoms with Crippen LogP contribution in [0.1, 0.15) is 31.7 Å². The highest BCUT2D eigenvalue weighted by atomic mass is 35.5. The second-order valence-electron chi connectivity index (χ2n) is 10.8. The second kappa shape index (κ2) is 12.8. The molecule has 3 aromatic rings. The van der Waals surface area contributed by atoms with E-state index in [1.165, 1.54) is 0 Å². The number of pyridine rings is 1. The Kier molecular flexibility index (Phi) is 9.20. The summed E-state index contributed by atoms with van der Waals surface area (Å²) in [6.07, 6.45) is 6.22. The van der Waals surface area contributed by atoms with E-state index in [4.69, 9.17) is 32.9 Å². The first kappa shape index (κ1) is 28.1. The zero-order chi connectivity index (χ0) is 27.4. The van der Waals surface area contributed by atoms with Gasteiger partial charge in [-0.05, 0) is 82.1 Å². The molecule has 39 heavy (non-hydrogen) atoms. The Morgan fingerprint density at radius 2 is 1.62 bits per heavy atom. The van der Waals surface area contributed by atoms with Crippen molar-refractivity contribution < 1.29 is 9.84 Å². The van der Waals surface area contributed by atoms with Gasteiger partial charge in [0.1, 0.15) is 0 Å². The minimum atomic E-state index is -0.242. The maximum absolute atomic E-state index is 9.76. The second-order valence-corrected chi connectivity index (χ2v) is 11.6. The lowest BCUT2D eigenvalue weighted by molar-refractivity contribution is 0.116. The quantitative estimate of drug-likeness (QED) is 0.387. The molecule has 2 aliphatic rings. The molecular weight excluding hydrogens is 535 g/mol. The largest absolute Gasteiger partial charge is 0.436 e. The number of likely N-dealkylation sites (N-methyl/N-ethyl adjacent to an activating group) is 1. The van der Waals surface area contributed by atoms with Crippen molar-refractivity contribution >= 4 is 29.2 Å². The number of benzene rings is 1. The molecule has 0 saturated carbocycles. The monoisotopic (exact) mass is 570 g/mol. The van der Waals surface area contributed by atoms with Crippen LogP contribution in [0.25, 0.3) is 11.3 Å². The van der Waals surface area contributed by atoms with Crippen LogP contribution < -0.4 is 9.64 Å². The first-order chi connectivity index (χ1) is 18.8.